The molecule has 1 saturated carbocycles. The Hall–Kier alpha value is -2.04. The number of pyridine rings is 1. The van der Waals surface area contributed by atoms with Gasteiger partial charge in [0.1, 0.15) is 0 Å². The highest BCUT2D eigenvalue weighted by molar-refractivity contribution is 5.98. The summed E-state index contributed by atoms with van der Waals surface area (Å²) in [5, 5.41) is 3.80. The molecular weight excluding hydrogens is 372 g/mol. The van der Waals surface area contributed by atoms with E-state index >= 15 is 0 Å². The van der Waals surface area contributed by atoms with Crippen LogP contribution in [0.2, 0.25) is 0 Å². The molecule has 2 aromatic rings. The second-order valence-electron chi connectivity index (χ2n) is 9.47. The number of carbonyl (C=O) groups is 1. The van der Waals surface area contributed by atoms with Crippen LogP contribution in [0.3, 0.4) is 0 Å². The first-order valence-electron chi connectivity index (χ1n) is 11.6. The predicted molar refractivity (Wildman–Crippen MR) is 118 cm³/mol. The summed E-state index contributed by atoms with van der Waals surface area (Å²) in [5.41, 5.74) is 3.41. The quantitative estimate of drug-likeness (QED) is 0.750. The number of Topliss-reactive ketones (excluding diaryl/α,β-unsaturated/α-hetero) is 1. The molecule has 5 rings (SSSR count). The summed E-state index contributed by atoms with van der Waals surface area (Å²) in [6.07, 6.45) is 11.6. The monoisotopic (exact) mass is 404 g/mol. The van der Waals surface area contributed by atoms with Crippen LogP contribution in [-0.4, -0.2) is 29.5 Å². The number of hydrogen-bond donors (Lipinski definition) is 1. The third kappa shape index (κ3) is 3.72. The lowest BCUT2D eigenvalue weighted by molar-refractivity contribution is -0.104. The maximum Gasteiger partial charge on any atom is 0.163 e. The van der Waals surface area contributed by atoms with Crippen molar-refractivity contribution in [2.24, 2.45) is 0 Å². The van der Waals surface area contributed by atoms with Gasteiger partial charge in [0, 0.05) is 41.9 Å². The molecular formula is C26H32N2O2. The van der Waals surface area contributed by atoms with Crippen LogP contribution in [0.15, 0.2) is 48.7 Å². The van der Waals surface area contributed by atoms with Crippen molar-refractivity contribution in [1.29, 1.82) is 0 Å². The van der Waals surface area contributed by atoms with Gasteiger partial charge in [0.15, 0.2) is 5.78 Å². The highest BCUT2D eigenvalue weighted by Crippen LogP contribution is 2.49. The van der Waals surface area contributed by atoms with Crippen LogP contribution in [0.4, 0.5) is 0 Å². The van der Waals surface area contributed by atoms with Crippen LogP contribution in [-0.2, 0) is 10.2 Å². The Kier molecular flexibility index (Phi) is 5.46. The van der Waals surface area contributed by atoms with Gasteiger partial charge in [0.25, 0.3) is 0 Å². The van der Waals surface area contributed by atoms with Crippen molar-refractivity contribution in [1.82, 2.24) is 10.3 Å². The zero-order valence-electron chi connectivity index (χ0n) is 17.7. The van der Waals surface area contributed by atoms with Gasteiger partial charge in [-0.2, -0.15) is 0 Å². The summed E-state index contributed by atoms with van der Waals surface area (Å²) in [6.45, 7) is 1.76. The van der Waals surface area contributed by atoms with Gasteiger partial charge in [-0.3, -0.25) is 9.78 Å². The van der Waals surface area contributed by atoms with Crippen molar-refractivity contribution < 1.29 is 9.53 Å². The molecule has 1 aliphatic heterocycles. The van der Waals surface area contributed by atoms with Crippen LogP contribution in [0.1, 0.15) is 85.4 Å². The lowest BCUT2D eigenvalue weighted by Gasteiger charge is -2.46. The average Bonchev–Trinajstić information content (AvgIpc) is 3.23. The number of aromatic nitrogens is 1. The number of hydrogen-bond acceptors (Lipinski definition) is 4. The zero-order chi connectivity index (χ0) is 20.4. The number of ether oxygens (including phenoxy) is 1. The molecule has 1 unspecified atom stereocenters. The molecule has 1 N–H and O–H groups in total. The third-order valence-electron chi connectivity index (χ3n) is 7.66. The van der Waals surface area contributed by atoms with E-state index in [9.17, 15) is 4.79 Å². The van der Waals surface area contributed by atoms with Gasteiger partial charge in [0.05, 0.1) is 5.60 Å². The van der Waals surface area contributed by atoms with Crippen LogP contribution >= 0.6 is 0 Å². The fourth-order valence-corrected chi connectivity index (χ4v) is 6.11. The SMILES string of the molecule is O=C1CCC(NCC[C@@]2(c3ccccn3)CCOC3(CCCC3)C2)c2ccccc21. The lowest BCUT2D eigenvalue weighted by atomic mass is 9.68. The van der Waals surface area contributed by atoms with Gasteiger partial charge in [0.2, 0.25) is 0 Å². The molecule has 4 nitrogen and oxygen atoms in total. The Labute approximate surface area is 179 Å². The van der Waals surface area contributed by atoms with E-state index in [-0.39, 0.29) is 22.8 Å². The Morgan fingerprint density at radius 3 is 2.73 bits per heavy atom. The topological polar surface area (TPSA) is 51.2 Å². The third-order valence-corrected chi connectivity index (χ3v) is 7.66. The van der Waals surface area contributed by atoms with Crippen molar-refractivity contribution in [3.05, 3.63) is 65.5 Å². The molecule has 3 aliphatic rings. The number of rotatable bonds is 5. The summed E-state index contributed by atoms with van der Waals surface area (Å²) >= 11 is 0. The number of nitrogens with zero attached hydrogens (tertiary/aromatic N) is 1. The zero-order valence-corrected chi connectivity index (χ0v) is 17.7. The molecule has 2 heterocycles. The van der Waals surface area contributed by atoms with Gasteiger partial charge in [-0.25, -0.2) is 0 Å². The lowest BCUT2D eigenvalue weighted by Crippen LogP contribution is -2.47. The van der Waals surface area contributed by atoms with E-state index < -0.39 is 0 Å². The van der Waals surface area contributed by atoms with Gasteiger partial charge < -0.3 is 10.1 Å². The van der Waals surface area contributed by atoms with Gasteiger partial charge in [-0.15, -0.1) is 0 Å². The normalized spacial score (nSPS) is 27.9. The first-order chi connectivity index (χ1) is 14.7. The highest BCUT2D eigenvalue weighted by atomic mass is 16.5. The Bertz CT molecular complexity index is 891. The molecule has 2 atom stereocenters. The van der Waals surface area contributed by atoms with Crippen molar-refractivity contribution in [2.45, 2.75) is 74.8 Å². The molecule has 4 heteroatoms. The first kappa shape index (κ1) is 19.9. The predicted octanol–water partition coefficient (Wildman–Crippen LogP) is 5.14. The molecule has 2 aliphatic carbocycles. The Morgan fingerprint density at radius 1 is 1.07 bits per heavy atom. The minimum absolute atomic E-state index is 0.0552. The van der Waals surface area contributed by atoms with E-state index in [1.165, 1.54) is 36.9 Å². The molecule has 158 valence electrons. The number of ketones is 1. The summed E-state index contributed by atoms with van der Waals surface area (Å²) < 4.78 is 6.37. The van der Waals surface area contributed by atoms with Crippen LogP contribution in [0.25, 0.3) is 0 Å². The maximum absolute atomic E-state index is 12.3. The smallest absolute Gasteiger partial charge is 0.163 e. The van der Waals surface area contributed by atoms with E-state index in [0.717, 1.165) is 44.4 Å². The standard InChI is InChI=1S/C26H32N2O2/c29-23-11-10-22(20-7-1-2-8-21(20)23)27-17-14-25(24-9-3-6-16-28-24)15-18-30-26(19-25)12-4-5-13-26/h1-3,6-9,16,22,27H,4-5,10-15,17-19H2/t22?,25-/m1/s1. The number of carbonyl (C=O) groups excluding carboxylic acids is 1. The number of benzene rings is 1. The second kappa shape index (κ2) is 8.24. The van der Waals surface area contributed by atoms with E-state index in [2.05, 4.69) is 23.5 Å². The van der Waals surface area contributed by atoms with Crippen LogP contribution < -0.4 is 5.32 Å². The molecule has 0 amide bonds. The van der Waals surface area contributed by atoms with Crippen molar-refractivity contribution in [2.75, 3.05) is 13.2 Å². The van der Waals surface area contributed by atoms with Crippen LogP contribution in [0, 0.1) is 0 Å². The fraction of sp³-hybridized carbons (Fsp3) is 0.538. The molecule has 0 bridgehead atoms. The molecule has 2 fully saturated rings. The van der Waals surface area contributed by atoms with Gasteiger partial charge in [-0.1, -0.05) is 43.2 Å². The minimum atomic E-state index is 0.0552. The minimum Gasteiger partial charge on any atom is -0.375 e. The van der Waals surface area contributed by atoms with E-state index in [0.29, 0.717) is 6.42 Å². The van der Waals surface area contributed by atoms with E-state index in [1.807, 2.05) is 30.5 Å². The number of nitrogens with one attached hydrogen (secondary N) is 1. The Morgan fingerprint density at radius 2 is 1.90 bits per heavy atom. The van der Waals surface area contributed by atoms with E-state index in [1.54, 1.807) is 0 Å². The van der Waals surface area contributed by atoms with Crippen LogP contribution in [0.5, 0.6) is 0 Å². The molecule has 30 heavy (non-hydrogen) atoms. The Balaban J connectivity index is 1.34. The average molecular weight is 405 g/mol. The van der Waals surface area contributed by atoms with Gasteiger partial charge in [-0.05, 0) is 62.8 Å². The van der Waals surface area contributed by atoms with E-state index in [4.69, 9.17) is 9.72 Å². The maximum atomic E-state index is 12.3. The largest absolute Gasteiger partial charge is 0.375 e. The molecule has 0 radical (unpaired) electrons. The van der Waals surface area contributed by atoms with Gasteiger partial charge >= 0.3 is 0 Å². The van der Waals surface area contributed by atoms with Crippen molar-refractivity contribution >= 4 is 5.78 Å². The first-order valence-corrected chi connectivity index (χ1v) is 11.6. The highest BCUT2D eigenvalue weighted by Gasteiger charge is 2.48. The summed E-state index contributed by atoms with van der Waals surface area (Å²) in [4.78, 5) is 17.1. The number of fused-ring (bicyclic) bond motifs is 1. The molecule has 1 spiro atoms. The molecule has 1 saturated heterocycles. The second-order valence-corrected chi connectivity index (χ2v) is 9.47. The summed E-state index contributed by atoms with van der Waals surface area (Å²) in [5.74, 6) is 0.279. The molecule has 1 aromatic carbocycles. The molecule has 1 aromatic heterocycles. The summed E-state index contributed by atoms with van der Waals surface area (Å²) in [7, 11) is 0. The van der Waals surface area contributed by atoms with Crippen molar-refractivity contribution in [3.63, 3.8) is 0 Å². The fourth-order valence-electron chi connectivity index (χ4n) is 6.11. The summed E-state index contributed by atoms with van der Waals surface area (Å²) in [6, 6.07) is 14.7. The van der Waals surface area contributed by atoms with Crippen molar-refractivity contribution in [3.8, 4) is 0 Å².